The third-order valence-corrected chi connectivity index (χ3v) is 5.69. The minimum absolute atomic E-state index is 0.0570. The number of methoxy groups -OCH3 is 1. The first kappa shape index (κ1) is 17.0. The molecule has 0 saturated heterocycles. The number of carbonyl (C=O) groups excluding carboxylic acids is 1. The van der Waals surface area contributed by atoms with Crippen LogP contribution >= 0.6 is 11.8 Å². The summed E-state index contributed by atoms with van der Waals surface area (Å²) in [4.78, 5) is 17.3. The molecule has 3 rings (SSSR count). The highest BCUT2D eigenvalue weighted by molar-refractivity contribution is 8.00. The number of ether oxygens (including phenoxy) is 1. The number of nitrogens with zero attached hydrogens (tertiary/aromatic N) is 2. The SMILES string of the molecule is COCCn1c(SC2CCc3ccccc3NC2=O)nc(C)c1C. The van der Waals surface area contributed by atoms with Crippen LogP contribution in [0.2, 0.25) is 0 Å². The van der Waals surface area contributed by atoms with Gasteiger partial charge in [0.2, 0.25) is 5.91 Å². The van der Waals surface area contributed by atoms with Crippen LogP contribution < -0.4 is 5.32 Å². The zero-order valence-electron chi connectivity index (χ0n) is 14.3. The number of imidazole rings is 1. The lowest BCUT2D eigenvalue weighted by atomic mass is 10.1. The number of anilines is 1. The van der Waals surface area contributed by atoms with Gasteiger partial charge in [-0.25, -0.2) is 4.98 Å². The molecule has 128 valence electrons. The maximum atomic E-state index is 12.6. The monoisotopic (exact) mass is 345 g/mol. The second-order valence-corrected chi connectivity index (χ2v) is 7.17. The lowest BCUT2D eigenvalue weighted by Gasteiger charge is -2.14. The Morgan fingerprint density at radius 3 is 2.96 bits per heavy atom. The number of hydrogen-bond acceptors (Lipinski definition) is 4. The Hall–Kier alpha value is -1.79. The minimum Gasteiger partial charge on any atom is -0.383 e. The fourth-order valence-electron chi connectivity index (χ4n) is 2.89. The molecule has 1 aromatic carbocycles. The molecule has 0 fully saturated rings. The first-order valence-electron chi connectivity index (χ1n) is 8.18. The topological polar surface area (TPSA) is 56.1 Å². The smallest absolute Gasteiger partial charge is 0.237 e. The Bertz CT molecular complexity index is 742. The largest absolute Gasteiger partial charge is 0.383 e. The molecule has 5 nitrogen and oxygen atoms in total. The molecule has 1 unspecified atom stereocenters. The lowest BCUT2D eigenvalue weighted by molar-refractivity contribution is -0.115. The van der Waals surface area contributed by atoms with Gasteiger partial charge in [0.15, 0.2) is 5.16 Å². The van der Waals surface area contributed by atoms with Crippen LogP contribution in [0.25, 0.3) is 0 Å². The van der Waals surface area contributed by atoms with E-state index in [1.807, 2.05) is 25.1 Å². The molecule has 1 aliphatic rings. The number of nitrogens with one attached hydrogen (secondary N) is 1. The van der Waals surface area contributed by atoms with Crippen LogP contribution in [0.1, 0.15) is 23.4 Å². The van der Waals surface area contributed by atoms with Crippen molar-refractivity contribution in [3.05, 3.63) is 41.2 Å². The van der Waals surface area contributed by atoms with Crippen LogP contribution in [0.15, 0.2) is 29.4 Å². The Morgan fingerprint density at radius 2 is 2.17 bits per heavy atom. The van der Waals surface area contributed by atoms with Gasteiger partial charge in [0.25, 0.3) is 0 Å². The van der Waals surface area contributed by atoms with Gasteiger partial charge in [0.1, 0.15) is 0 Å². The summed E-state index contributed by atoms with van der Waals surface area (Å²) >= 11 is 1.55. The number of rotatable bonds is 5. The molecule has 0 bridgehead atoms. The molecule has 0 saturated carbocycles. The molecule has 0 spiro atoms. The van der Waals surface area contributed by atoms with Crippen LogP contribution in [0.5, 0.6) is 0 Å². The zero-order valence-corrected chi connectivity index (χ0v) is 15.2. The lowest BCUT2D eigenvalue weighted by Crippen LogP contribution is -2.24. The first-order chi connectivity index (χ1) is 11.6. The van der Waals surface area contributed by atoms with Crippen molar-refractivity contribution >= 4 is 23.4 Å². The van der Waals surface area contributed by atoms with Crippen LogP contribution in [0.3, 0.4) is 0 Å². The number of aromatic nitrogens is 2. The van der Waals surface area contributed by atoms with Crippen molar-refractivity contribution in [2.75, 3.05) is 19.0 Å². The van der Waals surface area contributed by atoms with E-state index in [1.54, 1.807) is 18.9 Å². The number of fused-ring (bicyclic) bond motifs is 1. The van der Waals surface area contributed by atoms with Crippen molar-refractivity contribution in [2.24, 2.45) is 0 Å². The van der Waals surface area contributed by atoms with Crippen LogP contribution in [-0.2, 0) is 22.5 Å². The van der Waals surface area contributed by atoms with Gasteiger partial charge < -0.3 is 14.6 Å². The number of hydrogen-bond donors (Lipinski definition) is 1. The third kappa shape index (κ3) is 3.49. The fourth-order valence-corrected chi connectivity index (χ4v) is 4.09. The molecule has 1 amide bonds. The van der Waals surface area contributed by atoms with Crippen molar-refractivity contribution in [3.63, 3.8) is 0 Å². The molecule has 1 aliphatic heterocycles. The van der Waals surface area contributed by atoms with E-state index in [9.17, 15) is 4.79 Å². The van der Waals surface area contributed by atoms with Gasteiger partial charge >= 0.3 is 0 Å². The highest BCUT2D eigenvalue weighted by Crippen LogP contribution is 2.32. The van der Waals surface area contributed by atoms with Crippen molar-refractivity contribution in [3.8, 4) is 0 Å². The number of benzene rings is 1. The van der Waals surface area contributed by atoms with Crippen molar-refractivity contribution in [1.29, 1.82) is 0 Å². The summed E-state index contributed by atoms with van der Waals surface area (Å²) in [5.41, 5.74) is 4.27. The Balaban J connectivity index is 1.79. The predicted octanol–water partition coefficient (Wildman–Crippen LogP) is 3.19. The van der Waals surface area contributed by atoms with Crippen molar-refractivity contribution in [1.82, 2.24) is 9.55 Å². The molecule has 2 aromatic rings. The minimum atomic E-state index is -0.139. The van der Waals surface area contributed by atoms with Crippen LogP contribution in [-0.4, -0.2) is 34.4 Å². The highest BCUT2D eigenvalue weighted by Gasteiger charge is 2.26. The van der Waals surface area contributed by atoms with Crippen molar-refractivity contribution < 1.29 is 9.53 Å². The van der Waals surface area contributed by atoms with Gasteiger partial charge in [-0.2, -0.15) is 0 Å². The summed E-state index contributed by atoms with van der Waals surface area (Å²) in [6.07, 6.45) is 1.70. The Morgan fingerprint density at radius 1 is 1.38 bits per heavy atom. The second kappa shape index (κ2) is 7.40. The molecule has 1 atom stereocenters. The van der Waals surface area contributed by atoms with Crippen molar-refractivity contribution in [2.45, 2.75) is 43.6 Å². The van der Waals surface area contributed by atoms with E-state index in [4.69, 9.17) is 4.74 Å². The maximum Gasteiger partial charge on any atom is 0.237 e. The van der Waals surface area contributed by atoms with E-state index in [-0.39, 0.29) is 11.2 Å². The van der Waals surface area contributed by atoms with E-state index in [0.29, 0.717) is 6.61 Å². The van der Waals surface area contributed by atoms with E-state index in [1.165, 1.54) is 5.56 Å². The van der Waals surface area contributed by atoms with E-state index in [0.717, 1.165) is 41.6 Å². The molecule has 1 N–H and O–H groups in total. The summed E-state index contributed by atoms with van der Waals surface area (Å²) in [5, 5.41) is 3.81. The number of amides is 1. The van der Waals surface area contributed by atoms with Gasteiger partial charge in [0.05, 0.1) is 17.6 Å². The summed E-state index contributed by atoms with van der Waals surface area (Å²) in [5.74, 6) is 0.0570. The summed E-state index contributed by atoms with van der Waals surface area (Å²) in [6, 6.07) is 8.02. The number of aryl methyl sites for hydroxylation is 2. The van der Waals surface area contributed by atoms with Gasteiger partial charge in [-0.15, -0.1) is 0 Å². The summed E-state index contributed by atoms with van der Waals surface area (Å²) in [6.45, 7) is 5.45. The number of carbonyl (C=O) groups is 1. The summed E-state index contributed by atoms with van der Waals surface area (Å²) in [7, 11) is 1.70. The highest BCUT2D eigenvalue weighted by atomic mass is 32.2. The van der Waals surface area contributed by atoms with Gasteiger partial charge in [-0.05, 0) is 38.3 Å². The second-order valence-electron chi connectivity index (χ2n) is 6.00. The first-order valence-corrected chi connectivity index (χ1v) is 9.06. The predicted molar refractivity (Wildman–Crippen MR) is 96.6 cm³/mol. The Labute approximate surface area is 146 Å². The van der Waals surface area contributed by atoms with E-state index < -0.39 is 0 Å². The normalized spacial score (nSPS) is 17.3. The van der Waals surface area contributed by atoms with Crippen LogP contribution in [0.4, 0.5) is 5.69 Å². The van der Waals surface area contributed by atoms with Crippen LogP contribution in [0, 0.1) is 13.8 Å². The molecule has 2 heterocycles. The fraction of sp³-hybridized carbons (Fsp3) is 0.444. The average molecular weight is 345 g/mol. The molecule has 0 aliphatic carbocycles. The molecule has 1 aromatic heterocycles. The Kier molecular flexibility index (Phi) is 5.26. The summed E-state index contributed by atoms with van der Waals surface area (Å²) < 4.78 is 7.35. The zero-order chi connectivity index (χ0) is 17.1. The molecule has 24 heavy (non-hydrogen) atoms. The van der Waals surface area contributed by atoms with E-state index in [2.05, 4.69) is 27.9 Å². The molecule has 0 radical (unpaired) electrons. The number of para-hydroxylation sites is 1. The number of thioether (sulfide) groups is 1. The third-order valence-electron chi connectivity index (χ3n) is 4.43. The molecule has 6 heteroatoms. The average Bonchev–Trinajstić information content (AvgIpc) is 2.74. The molecular weight excluding hydrogens is 322 g/mol. The maximum absolute atomic E-state index is 12.6. The standard InChI is InChI=1S/C18H23N3O2S/c1-12-13(2)21(10-11-23-3)18(19-12)24-16-9-8-14-6-4-5-7-15(14)20-17(16)22/h4-7,16H,8-11H2,1-3H3,(H,20,22). The quantitative estimate of drug-likeness (QED) is 0.904. The van der Waals surface area contributed by atoms with Gasteiger partial charge in [-0.1, -0.05) is 30.0 Å². The van der Waals surface area contributed by atoms with Gasteiger partial charge in [0, 0.05) is 25.0 Å². The van der Waals surface area contributed by atoms with Gasteiger partial charge in [-0.3, -0.25) is 4.79 Å². The van der Waals surface area contributed by atoms with E-state index >= 15 is 0 Å². The molecular formula is C18H23N3O2S.